The Morgan fingerprint density at radius 1 is 1.28 bits per heavy atom. The van der Waals surface area contributed by atoms with E-state index in [1.807, 2.05) is 6.92 Å². The summed E-state index contributed by atoms with van der Waals surface area (Å²) in [7, 11) is 0. The van der Waals surface area contributed by atoms with E-state index in [1.165, 1.54) is 0 Å². The highest BCUT2D eigenvalue weighted by Crippen LogP contribution is 1.81. The number of thiocarbonyl (C=S) groups is 2. The van der Waals surface area contributed by atoms with Gasteiger partial charge in [-0.2, -0.15) is 0 Å². The van der Waals surface area contributed by atoms with Crippen molar-refractivity contribution in [2.24, 2.45) is 0 Å². The van der Waals surface area contributed by atoms with E-state index in [0.717, 1.165) is 12.5 Å². The molecule has 0 aromatic rings. The van der Waals surface area contributed by atoms with Crippen molar-refractivity contribution in [1.82, 2.24) is 10.6 Å². The third-order valence-electron chi connectivity index (χ3n) is 1.29. The van der Waals surface area contributed by atoms with Crippen LogP contribution in [-0.2, 0) is 9.53 Å². The van der Waals surface area contributed by atoms with Gasteiger partial charge in [0.15, 0.2) is 0 Å². The monoisotopic (exact) mass is 326 g/mol. The number of carbonyl (C=O) groups is 1. The number of nitrogens with one attached hydrogen (secondary N) is 2. The third kappa shape index (κ3) is 21.0. The minimum atomic E-state index is -0.341. The van der Waals surface area contributed by atoms with Crippen molar-refractivity contribution in [2.75, 3.05) is 19.7 Å². The number of rotatable bonds is 6. The fraction of sp³-hybridized carbons (Fsp3) is 0.500. The molecular weight excluding hydrogens is 308 g/mol. The van der Waals surface area contributed by atoms with Crippen molar-refractivity contribution in [3.05, 3.63) is 12.7 Å². The molecule has 0 aliphatic carbocycles. The number of thiol groups is 2. The molecule has 0 unspecified atom stereocenters. The number of hydrogen-bond acceptors (Lipinski definition) is 4. The highest BCUT2D eigenvalue weighted by Gasteiger charge is 1.89. The van der Waals surface area contributed by atoms with Crippen LogP contribution in [0.5, 0.6) is 0 Å². The molecule has 18 heavy (non-hydrogen) atoms. The van der Waals surface area contributed by atoms with Crippen LogP contribution in [0.25, 0.3) is 0 Å². The van der Waals surface area contributed by atoms with E-state index in [0.29, 0.717) is 28.3 Å². The summed E-state index contributed by atoms with van der Waals surface area (Å²) in [5, 5.41) is 5.68. The maximum absolute atomic E-state index is 10.2. The van der Waals surface area contributed by atoms with E-state index >= 15 is 0 Å². The second-order valence-corrected chi connectivity index (χ2v) is 5.15. The van der Waals surface area contributed by atoms with Gasteiger partial charge in [-0.3, -0.25) is 0 Å². The molecule has 2 N–H and O–H groups in total. The maximum Gasteiger partial charge on any atom is 0.330 e. The second-order valence-electron chi connectivity index (χ2n) is 2.84. The molecule has 0 aliphatic heterocycles. The van der Waals surface area contributed by atoms with E-state index in [-0.39, 0.29) is 5.97 Å². The number of esters is 1. The first-order valence-corrected chi connectivity index (χ1v) is 6.87. The van der Waals surface area contributed by atoms with E-state index < -0.39 is 0 Å². The summed E-state index contributed by atoms with van der Waals surface area (Å²) in [5.74, 6) is -0.341. The predicted molar refractivity (Wildman–Crippen MR) is 90.6 cm³/mol. The van der Waals surface area contributed by atoms with Crippen molar-refractivity contribution in [1.29, 1.82) is 0 Å². The Kier molecular flexibility index (Phi) is 16.4. The highest BCUT2D eigenvalue weighted by atomic mass is 32.1. The van der Waals surface area contributed by atoms with E-state index in [2.05, 4.69) is 71.6 Å². The van der Waals surface area contributed by atoms with Crippen molar-refractivity contribution in [2.45, 2.75) is 13.3 Å². The molecule has 0 heterocycles. The Bertz CT molecular complexity index is 269. The van der Waals surface area contributed by atoms with Crippen LogP contribution < -0.4 is 10.6 Å². The van der Waals surface area contributed by atoms with Crippen LogP contribution >= 0.6 is 49.7 Å². The zero-order valence-electron chi connectivity index (χ0n) is 10.1. The summed E-state index contributed by atoms with van der Waals surface area (Å²) in [6.45, 7) is 7.09. The number of ether oxygens (including phenoxy) is 1. The van der Waals surface area contributed by atoms with Crippen molar-refractivity contribution in [3.63, 3.8) is 0 Å². The zero-order chi connectivity index (χ0) is 14.4. The topological polar surface area (TPSA) is 50.4 Å². The molecule has 0 aliphatic rings. The van der Waals surface area contributed by atoms with Crippen molar-refractivity contribution < 1.29 is 9.53 Å². The average molecular weight is 327 g/mol. The molecule has 0 spiro atoms. The average Bonchev–Trinajstić information content (AvgIpc) is 2.32. The molecule has 0 saturated carbocycles. The quantitative estimate of drug-likeness (QED) is 0.196. The summed E-state index contributed by atoms with van der Waals surface area (Å²) in [6, 6.07) is 0. The summed E-state index contributed by atoms with van der Waals surface area (Å²) >= 11 is 17.0. The van der Waals surface area contributed by atoms with Gasteiger partial charge in [0.05, 0.1) is 6.61 Å². The minimum Gasteiger partial charge on any atom is -0.463 e. The first-order valence-electron chi connectivity index (χ1n) is 5.16. The van der Waals surface area contributed by atoms with Crippen LogP contribution in [0.4, 0.5) is 0 Å². The van der Waals surface area contributed by atoms with Gasteiger partial charge < -0.3 is 15.4 Å². The normalized spacial score (nSPS) is 8.39. The minimum absolute atomic E-state index is 0.341. The lowest BCUT2D eigenvalue weighted by molar-refractivity contribution is -0.137. The van der Waals surface area contributed by atoms with E-state index in [9.17, 15) is 4.79 Å². The van der Waals surface area contributed by atoms with E-state index in [4.69, 9.17) is 0 Å². The first-order chi connectivity index (χ1) is 8.43. The van der Waals surface area contributed by atoms with Gasteiger partial charge in [-0.15, -0.1) is 25.3 Å². The summed E-state index contributed by atoms with van der Waals surface area (Å²) in [5.41, 5.74) is 0. The van der Waals surface area contributed by atoms with Gasteiger partial charge in [-0.25, -0.2) is 4.79 Å². The molecule has 0 fully saturated rings. The second kappa shape index (κ2) is 14.7. The lowest BCUT2D eigenvalue weighted by Crippen LogP contribution is -2.29. The van der Waals surface area contributed by atoms with Crippen LogP contribution in [0.1, 0.15) is 13.3 Å². The fourth-order valence-electron chi connectivity index (χ4n) is 0.600. The van der Waals surface area contributed by atoms with Gasteiger partial charge in [0.1, 0.15) is 8.64 Å². The Morgan fingerprint density at radius 2 is 1.72 bits per heavy atom. The fourth-order valence-corrected chi connectivity index (χ4v) is 1.03. The summed E-state index contributed by atoms with van der Waals surface area (Å²) < 4.78 is 5.57. The van der Waals surface area contributed by atoms with Crippen molar-refractivity contribution >= 4 is 64.3 Å². The maximum atomic E-state index is 10.2. The molecule has 0 aromatic carbocycles. The standard InChI is InChI=1S/C6H10O2.C4H8N2S4/c1-3-5-8-6(7)4-2;7-3(8)5-1-2-6-4(9)10/h4H,2-3,5H2,1H3;1-2H2,(H2,5,7,8)(H2,6,9,10). The highest BCUT2D eigenvalue weighted by molar-refractivity contribution is 8.11. The van der Waals surface area contributed by atoms with Gasteiger partial charge in [-0.1, -0.05) is 37.9 Å². The SMILES string of the molecule is C=CC(=O)OCCC.S=C(S)NCCNC(=S)S. The molecule has 104 valence electrons. The van der Waals surface area contributed by atoms with Gasteiger partial charge in [0.25, 0.3) is 0 Å². The molecule has 4 nitrogen and oxygen atoms in total. The van der Waals surface area contributed by atoms with Crippen LogP contribution in [0.2, 0.25) is 0 Å². The summed E-state index contributed by atoms with van der Waals surface area (Å²) in [6.07, 6.45) is 2.02. The number of hydrogen-bond donors (Lipinski definition) is 4. The zero-order valence-corrected chi connectivity index (χ0v) is 13.6. The Hall–Kier alpha value is -0.310. The van der Waals surface area contributed by atoms with Crippen LogP contribution in [0.15, 0.2) is 12.7 Å². The smallest absolute Gasteiger partial charge is 0.330 e. The molecule has 0 rings (SSSR count). The molecule has 0 radical (unpaired) electrons. The molecular formula is C10H18N2O2S4. The molecule has 0 amide bonds. The molecule has 0 saturated heterocycles. The van der Waals surface area contributed by atoms with Gasteiger partial charge in [0, 0.05) is 19.2 Å². The van der Waals surface area contributed by atoms with E-state index in [1.54, 1.807) is 0 Å². The Morgan fingerprint density at radius 3 is 2.00 bits per heavy atom. The van der Waals surface area contributed by atoms with Gasteiger partial charge in [-0.05, 0) is 6.42 Å². The molecule has 0 aromatic heterocycles. The lowest BCUT2D eigenvalue weighted by atomic mass is 10.5. The van der Waals surface area contributed by atoms with Crippen LogP contribution in [-0.4, -0.2) is 34.3 Å². The molecule has 0 bridgehead atoms. The summed E-state index contributed by atoms with van der Waals surface area (Å²) in [4.78, 5) is 10.2. The third-order valence-corrected chi connectivity index (χ3v) is 1.90. The van der Waals surface area contributed by atoms with Gasteiger partial charge in [0.2, 0.25) is 0 Å². The largest absolute Gasteiger partial charge is 0.463 e. The molecule has 8 heteroatoms. The van der Waals surface area contributed by atoms with Crippen LogP contribution in [0, 0.1) is 0 Å². The van der Waals surface area contributed by atoms with Gasteiger partial charge >= 0.3 is 5.97 Å². The first kappa shape index (κ1) is 20.0. The van der Waals surface area contributed by atoms with Crippen molar-refractivity contribution in [3.8, 4) is 0 Å². The Balaban J connectivity index is 0. The Labute approximate surface area is 130 Å². The number of carbonyl (C=O) groups excluding carboxylic acids is 1. The lowest BCUT2D eigenvalue weighted by Gasteiger charge is -2.03. The van der Waals surface area contributed by atoms with Crippen LogP contribution in [0.3, 0.4) is 0 Å². The predicted octanol–water partition coefficient (Wildman–Crippen LogP) is 1.72. The molecule has 0 atom stereocenters.